The summed E-state index contributed by atoms with van der Waals surface area (Å²) in [6.07, 6.45) is 1.84. The van der Waals surface area contributed by atoms with E-state index in [0.717, 1.165) is 5.69 Å². The molecule has 2 aromatic carbocycles. The highest BCUT2D eigenvalue weighted by Crippen LogP contribution is 2.33. The highest BCUT2D eigenvalue weighted by Gasteiger charge is 2.20. The molecule has 4 nitrogen and oxygen atoms in total. The van der Waals surface area contributed by atoms with Crippen molar-refractivity contribution in [3.8, 4) is 11.9 Å². The van der Waals surface area contributed by atoms with Crippen LogP contribution in [0.3, 0.4) is 0 Å². The van der Waals surface area contributed by atoms with Crippen molar-refractivity contribution in [1.82, 2.24) is 0 Å². The van der Waals surface area contributed by atoms with Gasteiger partial charge in [-0.1, -0.05) is 18.2 Å². The minimum absolute atomic E-state index is 0.262. The molecule has 2 aromatic rings. The minimum Gasteiger partial charge on any atom is -0.425 e. The summed E-state index contributed by atoms with van der Waals surface area (Å²) in [6, 6.07) is 9.63. The van der Waals surface area contributed by atoms with Crippen LogP contribution < -0.4 is 9.64 Å². The van der Waals surface area contributed by atoms with Crippen molar-refractivity contribution >= 4 is 11.7 Å². The molecule has 0 saturated carbocycles. The van der Waals surface area contributed by atoms with Crippen LogP contribution in [0, 0.1) is 46.1 Å². The molecule has 0 unspecified atom stereocenters. The van der Waals surface area contributed by atoms with Crippen molar-refractivity contribution < 1.29 is 4.74 Å². The van der Waals surface area contributed by atoms with Gasteiger partial charge in [-0.2, -0.15) is 5.26 Å². The summed E-state index contributed by atoms with van der Waals surface area (Å²) >= 11 is 0. The van der Waals surface area contributed by atoms with E-state index in [2.05, 4.69) is 39.6 Å². The first-order valence-corrected chi connectivity index (χ1v) is 7.88. The lowest BCUT2D eigenvalue weighted by molar-refractivity contribution is 0.537. The Morgan fingerprint density at radius 2 is 1.42 bits per heavy atom. The lowest BCUT2D eigenvalue weighted by atomic mass is 9.92. The maximum atomic E-state index is 9.06. The van der Waals surface area contributed by atoms with E-state index in [1.54, 1.807) is 0 Å². The minimum atomic E-state index is 0.262. The summed E-state index contributed by atoms with van der Waals surface area (Å²) in [5.74, 6) is 0.647. The predicted octanol–water partition coefficient (Wildman–Crippen LogP) is 4.58. The maximum absolute atomic E-state index is 9.06. The normalized spacial score (nSPS) is 11.1. The predicted molar refractivity (Wildman–Crippen MR) is 98.6 cm³/mol. The number of amidine groups is 1. The van der Waals surface area contributed by atoms with Crippen molar-refractivity contribution in [3.63, 3.8) is 0 Å². The van der Waals surface area contributed by atoms with Gasteiger partial charge in [0.05, 0.1) is 5.69 Å². The van der Waals surface area contributed by atoms with Crippen LogP contribution in [0.2, 0.25) is 0 Å². The Hall–Kier alpha value is -2.80. The van der Waals surface area contributed by atoms with E-state index in [4.69, 9.17) is 10.00 Å². The number of nitrogens with zero attached hydrogens (tertiary/aromatic N) is 3. The Morgan fingerprint density at radius 3 is 1.92 bits per heavy atom. The zero-order chi connectivity index (χ0) is 17.9. The van der Waals surface area contributed by atoms with Gasteiger partial charge in [0.25, 0.3) is 0 Å². The molecular formula is C20H23N3O. The number of para-hydroxylation sites is 1. The number of hydrogen-bond acceptors (Lipinski definition) is 3. The van der Waals surface area contributed by atoms with Gasteiger partial charge in [-0.05, 0) is 74.6 Å². The third-order valence-corrected chi connectivity index (χ3v) is 4.68. The van der Waals surface area contributed by atoms with Crippen molar-refractivity contribution in [1.29, 1.82) is 5.26 Å². The van der Waals surface area contributed by atoms with Crippen LogP contribution in [0.1, 0.15) is 27.8 Å². The van der Waals surface area contributed by atoms with Crippen LogP contribution in [0.25, 0.3) is 0 Å². The zero-order valence-corrected chi connectivity index (χ0v) is 15.1. The van der Waals surface area contributed by atoms with Crippen LogP contribution in [-0.4, -0.2) is 13.1 Å². The molecular weight excluding hydrogens is 298 g/mol. The van der Waals surface area contributed by atoms with E-state index < -0.39 is 0 Å². The van der Waals surface area contributed by atoms with Crippen molar-refractivity contribution in [2.75, 3.05) is 11.9 Å². The van der Waals surface area contributed by atoms with Crippen LogP contribution in [0.5, 0.6) is 5.75 Å². The Balaban J connectivity index is 2.51. The average molecular weight is 321 g/mol. The monoisotopic (exact) mass is 321 g/mol. The van der Waals surface area contributed by atoms with E-state index in [-0.39, 0.29) is 6.02 Å². The molecule has 0 spiro atoms. The second kappa shape index (κ2) is 7.18. The lowest BCUT2D eigenvalue weighted by Crippen LogP contribution is -2.32. The Morgan fingerprint density at radius 1 is 0.917 bits per heavy atom. The quantitative estimate of drug-likeness (QED) is 0.462. The molecule has 24 heavy (non-hydrogen) atoms. The molecule has 0 aliphatic rings. The number of ether oxygens (including phenoxy) is 1. The van der Waals surface area contributed by atoms with Crippen molar-refractivity contribution in [3.05, 3.63) is 58.1 Å². The fraction of sp³-hybridized carbons (Fsp3) is 0.300. The molecule has 4 heteroatoms. The molecule has 0 aromatic heterocycles. The highest BCUT2D eigenvalue weighted by atomic mass is 16.5. The standard InChI is InChI=1S/C20H23N3O/c1-13-14(2)16(4)19(17(5)15(13)3)23(6)20(22-12-21)24-18-10-8-7-9-11-18/h7-11H,1-6H3. The van der Waals surface area contributed by atoms with Gasteiger partial charge in [0.1, 0.15) is 5.75 Å². The molecule has 2 rings (SSSR count). The fourth-order valence-corrected chi connectivity index (χ4v) is 2.88. The largest absolute Gasteiger partial charge is 0.425 e. The van der Waals surface area contributed by atoms with Crippen molar-refractivity contribution in [2.45, 2.75) is 34.6 Å². The number of anilines is 1. The van der Waals surface area contributed by atoms with Gasteiger partial charge in [0, 0.05) is 7.05 Å². The summed E-state index contributed by atoms with van der Waals surface area (Å²) in [7, 11) is 1.88. The van der Waals surface area contributed by atoms with E-state index in [1.165, 1.54) is 27.8 Å². The maximum Gasteiger partial charge on any atom is 0.312 e. The van der Waals surface area contributed by atoms with Gasteiger partial charge < -0.3 is 4.74 Å². The van der Waals surface area contributed by atoms with Gasteiger partial charge >= 0.3 is 6.02 Å². The molecule has 124 valence electrons. The Labute approximate surface area is 144 Å². The fourth-order valence-electron chi connectivity index (χ4n) is 2.88. The van der Waals surface area contributed by atoms with E-state index in [0.29, 0.717) is 5.75 Å². The molecule has 0 amide bonds. The van der Waals surface area contributed by atoms with E-state index in [9.17, 15) is 0 Å². The van der Waals surface area contributed by atoms with Crippen molar-refractivity contribution in [2.24, 2.45) is 4.99 Å². The number of hydrogen-bond donors (Lipinski definition) is 0. The van der Waals surface area contributed by atoms with Gasteiger partial charge in [-0.3, -0.25) is 4.90 Å². The zero-order valence-electron chi connectivity index (χ0n) is 15.1. The smallest absolute Gasteiger partial charge is 0.312 e. The SMILES string of the molecule is Cc1c(C)c(C)c(N(C)C(=NC#N)Oc2ccccc2)c(C)c1C. The number of rotatable bonds is 2. The van der Waals surface area contributed by atoms with E-state index >= 15 is 0 Å². The second-order valence-corrected chi connectivity index (χ2v) is 5.94. The number of benzene rings is 2. The van der Waals surface area contributed by atoms with Crippen LogP contribution in [0.15, 0.2) is 35.3 Å². The van der Waals surface area contributed by atoms with E-state index in [1.807, 2.05) is 48.5 Å². The number of nitriles is 1. The van der Waals surface area contributed by atoms with Crippen LogP contribution in [0.4, 0.5) is 5.69 Å². The summed E-state index contributed by atoms with van der Waals surface area (Å²) in [6.45, 7) is 10.6. The molecule has 0 radical (unpaired) electrons. The molecule has 0 aliphatic carbocycles. The third-order valence-electron chi connectivity index (χ3n) is 4.68. The third kappa shape index (κ3) is 3.26. The first-order chi connectivity index (χ1) is 11.4. The molecule has 0 bridgehead atoms. The molecule has 0 saturated heterocycles. The molecule has 0 aliphatic heterocycles. The van der Waals surface area contributed by atoms with Gasteiger partial charge in [-0.15, -0.1) is 4.99 Å². The Bertz CT molecular complexity index is 788. The van der Waals surface area contributed by atoms with Crippen LogP contribution >= 0.6 is 0 Å². The van der Waals surface area contributed by atoms with Gasteiger partial charge in [-0.25, -0.2) is 0 Å². The summed E-state index contributed by atoms with van der Waals surface area (Å²) in [5, 5.41) is 9.06. The first kappa shape index (κ1) is 17.6. The molecule has 0 fully saturated rings. The summed E-state index contributed by atoms with van der Waals surface area (Å²) in [5.41, 5.74) is 7.15. The topological polar surface area (TPSA) is 48.6 Å². The first-order valence-electron chi connectivity index (χ1n) is 7.88. The molecule has 0 N–H and O–H groups in total. The molecule has 0 heterocycles. The lowest BCUT2D eigenvalue weighted by Gasteiger charge is -2.27. The van der Waals surface area contributed by atoms with Gasteiger partial charge in [0.2, 0.25) is 6.19 Å². The molecule has 0 atom stereocenters. The van der Waals surface area contributed by atoms with Gasteiger partial charge in [0.15, 0.2) is 0 Å². The highest BCUT2D eigenvalue weighted by molar-refractivity contribution is 5.95. The summed E-state index contributed by atoms with van der Waals surface area (Å²) in [4.78, 5) is 5.73. The average Bonchev–Trinajstić information content (AvgIpc) is 2.59. The summed E-state index contributed by atoms with van der Waals surface area (Å²) < 4.78 is 5.84. The second-order valence-electron chi connectivity index (χ2n) is 5.94. The Kier molecular flexibility index (Phi) is 5.25. The number of aliphatic imine (C=N–C) groups is 1. The van der Waals surface area contributed by atoms with Crippen LogP contribution in [-0.2, 0) is 0 Å².